The lowest BCUT2D eigenvalue weighted by Gasteiger charge is -2.55. The van der Waals surface area contributed by atoms with Gasteiger partial charge in [0.15, 0.2) is 0 Å². The minimum absolute atomic E-state index is 0.245. The summed E-state index contributed by atoms with van der Waals surface area (Å²) in [5.74, 6) is 12.7. The third-order valence-electron chi connectivity index (χ3n) is 28.2. The van der Waals surface area contributed by atoms with Crippen LogP contribution in [0.3, 0.4) is 0 Å². The zero-order valence-corrected chi connectivity index (χ0v) is 50.2. The monoisotopic (exact) mass is 1070 g/mol. The van der Waals surface area contributed by atoms with Crippen LogP contribution < -0.4 is 0 Å². The lowest BCUT2D eigenvalue weighted by Crippen LogP contribution is -2.53. The highest BCUT2D eigenvalue weighted by Crippen LogP contribution is 2.71. The predicted molar refractivity (Wildman–Crippen MR) is 328 cm³/mol. The second-order valence-electron chi connectivity index (χ2n) is 31.5. The third kappa shape index (κ3) is 9.20. The highest BCUT2D eigenvalue weighted by molar-refractivity contribution is 5.43. The van der Waals surface area contributed by atoms with E-state index in [1.165, 1.54) is 218 Å². The van der Waals surface area contributed by atoms with E-state index in [-0.39, 0.29) is 6.10 Å². The Morgan fingerprint density at radius 2 is 1.33 bits per heavy atom. The Morgan fingerprint density at radius 3 is 2.14 bits per heavy atom. The Bertz CT molecular complexity index is 2430. The van der Waals surface area contributed by atoms with Crippen LogP contribution in [0.25, 0.3) is 0 Å². The Labute approximate surface area is 482 Å². The minimum Gasteiger partial charge on any atom is -0.371 e. The number of ether oxygens (including phenoxy) is 1. The van der Waals surface area contributed by atoms with Crippen molar-refractivity contribution in [2.45, 2.75) is 275 Å². The highest BCUT2D eigenvalue weighted by atomic mass is 16.5. The summed E-state index contributed by atoms with van der Waals surface area (Å²) >= 11 is 0. The van der Waals surface area contributed by atoms with Gasteiger partial charge in [0.1, 0.15) is 0 Å². The number of allylic oxidation sites excluding steroid dienone is 10. The zero-order valence-electron chi connectivity index (χ0n) is 50.2. The van der Waals surface area contributed by atoms with Gasteiger partial charge in [0.05, 0.1) is 12.2 Å². The lowest BCUT2D eigenvalue weighted by atomic mass is 9.52. The topological polar surface area (TPSA) is 15.7 Å². The second kappa shape index (κ2) is 22.2. The molecular weight excluding hydrogens is 957 g/mol. The van der Waals surface area contributed by atoms with E-state index >= 15 is 0 Å². The molecule has 3 heteroatoms. The molecule has 1 heterocycles. The van der Waals surface area contributed by atoms with Gasteiger partial charge in [-0.05, 0) is 253 Å². The van der Waals surface area contributed by atoms with Gasteiger partial charge >= 0.3 is 0 Å². The van der Waals surface area contributed by atoms with Crippen molar-refractivity contribution in [1.29, 1.82) is 0 Å². The fraction of sp³-hybridized carbons (Fsp3) is 0.789. The molecule has 14 aliphatic carbocycles. The van der Waals surface area contributed by atoms with E-state index in [0.717, 1.165) is 95.4 Å². The van der Waals surface area contributed by atoms with Crippen LogP contribution in [0.1, 0.15) is 239 Å². The molecule has 0 bridgehead atoms. The molecule has 1 aliphatic heterocycles. The van der Waals surface area contributed by atoms with Crippen molar-refractivity contribution in [3.63, 3.8) is 0 Å². The van der Waals surface area contributed by atoms with E-state index < -0.39 is 0 Å². The second-order valence-corrected chi connectivity index (χ2v) is 31.5. The van der Waals surface area contributed by atoms with E-state index in [1.54, 1.807) is 22.5 Å². The van der Waals surface area contributed by atoms with Gasteiger partial charge in [0, 0.05) is 46.9 Å². The Balaban J connectivity index is 0.696. The molecule has 3 nitrogen and oxygen atoms in total. The van der Waals surface area contributed by atoms with Crippen LogP contribution in [0.15, 0.2) is 96.0 Å². The number of hydrogen-bond acceptors (Lipinski definition) is 3. The van der Waals surface area contributed by atoms with Gasteiger partial charge in [-0.1, -0.05) is 152 Å². The number of rotatable bonds is 10. The molecule has 0 radical (unpaired) electrons. The van der Waals surface area contributed by atoms with Gasteiger partial charge in [-0.3, -0.25) is 0 Å². The highest BCUT2D eigenvalue weighted by Gasteiger charge is 2.65. The van der Waals surface area contributed by atoms with Crippen LogP contribution in [0.2, 0.25) is 0 Å². The number of fused-ring (bicyclic) bond motifs is 10. The molecule has 15 aliphatic rings. The summed E-state index contributed by atoms with van der Waals surface area (Å²) in [6, 6.07) is 2.71. The molecular formula is C76H110N2O. The van der Waals surface area contributed by atoms with Gasteiger partial charge in [-0.25, -0.2) is 0 Å². The summed E-state index contributed by atoms with van der Waals surface area (Å²) in [6.45, 7) is 9.59. The van der Waals surface area contributed by atoms with E-state index in [4.69, 9.17) is 4.74 Å². The third-order valence-corrected chi connectivity index (χ3v) is 28.2. The van der Waals surface area contributed by atoms with Crippen molar-refractivity contribution >= 4 is 0 Å². The molecule has 15 rings (SSSR count). The van der Waals surface area contributed by atoms with Crippen molar-refractivity contribution in [3.05, 3.63) is 96.0 Å². The minimum atomic E-state index is 0.245. The van der Waals surface area contributed by atoms with E-state index in [1.807, 2.05) is 0 Å². The fourth-order valence-corrected chi connectivity index (χ4v) is 25.0. The molecule has 19 atom stereocenters. The molecule has 11 fully saturated rings. The van der Waals surface area contributed by atoms with Gasteiger partial charge < -0.3 is 14.5 Å². The van der Waals surface area contributed by atoms with Crippen molar-refractivity contribution in [2.75, 3.05) is 0 Å². The molecule has 79 heavy (non-hydrogen) atoms. The van der Waals surface area contributed by atoms with Crippen molar-refractivity contribution in [3.8, 4) is 0 Å². The smallest absolute Gasteiger partial charge is 0.0797 e. The van der Waals surface area contributed by atoms with Crippen molar-refractivity contribution in [2.24, 2.45) is 99.6 Å². The van der Waals surface area contributed by atoms with Crippen LogP contribution >= 0.6 is 0 Å². The van der Waals surface area contributed by atoms with Gasteiger partial charge in [0.2, 0.25) is 0 Å². The summed E-state index contributed by atoms with van der Waals surface area (Å²) in [4.78, 5) is 6.37. The molecule has 1 saturated heterocycles. The standard InChI is InChI=1S/C76H110N2O/c1-4-50-29-40-59(41-30-50)79-60-42-34-55(35-43-60)76(54-19-6-5-7-20-54)69-26-14-11-23-63(69)65-45-38-57(49-71(65)76)77(72-28-16-18-52-17-8-9-21-61(52)72)56-36-31-51(32-37-56)53-33-46-74-67(47-53)66-24-12-15-27-73(66)78(74)58-39-44-64-62-22-10-13-25-68(62)75(2,3)70(64)48-58/h4,24,27,31,34-38,42,45,50-54,57-65,67-72,74H,1,5-23,25-26,28-30,32-33,39-41,43-44,46-49H2,2-3H3. The summed E-state index contributed by atoms with van der Waals surface area (Å²) in [7, 11) is 0. The molecule has 0 aromatic carbocycles. The maximum atomic E-state index is 6.99. The number of hydrogen-bond donors (Lipinski definition) is 0. The Morgan fingerprint density at radius 1 is 0.570 bits per heavy atom. The summed E-state index contributed by atoms with van der Waals surface area (Å²) in [5.41, 5.74) is 7.79. The van der Waals surface area contributed by atoms with E-state index in [0.29, 0.717) is 40.9 Å². The summed E-state index contributed by atoms with van der Waals surface area (Å²) in [5, 5.41) is 0. The summed E-state index contributed by atoms with van der Waals surface area (Å²) < 4.78 is 6.99. The Hall–Kier alpha value is -2.52. The molecule has 0 amide bonds. The Kier molecular flexibility index (Phi) is 14.9. The average Bonchev–Trinajstić information content (AvgIpc) is 4.29. The van der Waals surface area contributed by atoms with Crippen LogP contribution in [0, 0.1) is 99.6 Å². The molecule has 0 N–H and O–H groups in total. The van der Waals surface area contributed by atoms with Crippen molar-refractivity contribution in [1.82, 2.24) is 9.80 Å². The molecule has 0 aromatic rings. The van der Waals surface area contributed by atoms with Crippen LogP contribution in [0.4, 0.5) is 0 Å². The first-order valence-electron chi connectivity index (χ1n) is 35.6. The zero-order chi connectivity index (χ0) is 52.8. The quantitative estimate of drug-likeness (QED) is 0.203. The number of likely N-dealkylation sites (tertiary alicyclic amines) is 1. The SMILES string of the molecule is C=CC1CCC(OC2C=CC(C3(C4CCCCC4)C4CC(N(C5=CCC(C6CCC7C(C6)C6=CCCC=C6N7C6CCC7C8CCCCC8C(C)(C)C7C6)C=C5)C5CCCC6CCCCC65)C=CC4C4CCCCC43)=CC2)CC1. The van der Waals surface area contributed by atoms with Crippen LogP contribution in [-0.2, 0) is 4.74 Å². The van der Waals surface area contributed by atoms with Gasteiger partial charge in [0.25, 0.3) is 0 Å². The summed E-state index contributed by atoms with van der Waals surface area (Å²) in [6.07, 6.45) is 80.0. The van der Waals surface area contributed by atoms with E-state index in [2.05, 4.69) is 97.1 Å². The van der Waals surface area contributed by atoms with Crippen LogP contribution in [0.5, 0.6) is 0 Å². The normalized spacial score (nSPS) is 47.2. The molecule has 0 aromatic heterocycles. The molecule has 10 saturated carbocycles. The average molecular weight is 1070 g/mol. The van der Waals surface area contributed by atoms with Crippen molar-refractivity contribution < 1.29 is 4.74 Å². The molecule has 430 valence electrons. The molecule has 0 spiro atoms. The fourth-order valence-electron chi connectivity index (χ4n) is 25.0. The largest absolute Gasteiger partial charge is 0.371 e. The van der Waals surface area contributed by atoms with Gasteiger partial charge in [-0.2, -0.15) is 0 Å². The maximum absolute atomic E-state index is 6.99. The lowest BCUT2D eigenvalue weighted by molar-refractivity contribution is -0.0133. The van der Waals surface area contributed by atoms with Crippen LogP contribution in [-0.4, -0.2) is 46.2 Å². The first-order chi connectivity index (χ1) is 38.9. The predicted octanol–water partition coefficient (Wildman–Crippen LogP) is 19.4. The maximum Gasteiger partial charge on any atom is 0.0797 e. The molecule has 19 unspecified atom stereocenters. The number of nitrogens with zero attached hydrogens (tertiary/aromatic N) is 2. The van der Waals surface area contributed by atoms with Gasteiger partial charge in [-0.15, -0.1) is 6.58 Å². The first-order valence-corrected chi connectivity index (χ1v) is 35.6. The first kappa shape index (κ1) is 53.2. The van der Waals surface area contributed by atoms with E-state index in [9.17, 15) is 0 Å².